The molecular weight excluding hydrogens is 320 g/mol. The number of nitrogens with zero attached hydrogens (tertiary/aromatic N) is 2. The Morgan fingerprint density at radius 2 is 1.84 bits per heavy atom. The molecule has 0 N–H and O–H groups in total. The molecule has 6 nitrogen and oxygen atoms in total. The zero-order chi connectivity index (χ0) is 17.8. The highest BCUT2D eigenvalue weighted by molar-refractivity contribution is 5.75. The summed E-state index contributed by atoms with van der Waals surface area (Å²) in [6.07, 6.45) is 0. The number of carbonyl (C=O) groups excluding carboxylic acids is 1. The Morgan fingerprint density at radius 3 is 2.52 bits per heavy atom. The van der Waals surface area contributed by atoms with E-state index < -0.39 is 5.92 Å². The maximum Gasteiger partial charge on any atom is 0.310 e. The Hall–Kier alpha value is -2.73. The number of nitro groups is 1. The average molecular weight is 340 g/mol. The molecule has 25 heavy (non-hydrogen) atoms. The Balaban J connectivity index is 1.88. The van der Waals surface area contributed by atoms with E-state index in [1.807, 2.05) is 30.3 Å². The number of likely N-dealkylation sites (tertiary alicyclic amines) is 1. The van der Waals surface area contributed by atoms with Crippen LogP contribution in [0.1, 0.15) is 17.0 Å². The molecule has 130 valence electrons. The third kappa shape index (κ3) is 3.69. The number of para-hydroxylation sites is 1. The van der Waals surface area contributed by atoms with Crippen molar-refractivity contribution in [1.29, 1.82) is 0 Å². The zero-order valence-corrected chi connectivity index (χ0v) is 14.0. The Bertz CT molecular complexity index is 763. The van der Waals surface area contributed by atoms with Gasteiger partial charge in [-0.05, 0) is 5.56 Å². The maximum atomic E-state index is 12.3. The van der Waals surface area contributed by atoms with E-state index in [1.165, 1.54) is 13.2 Å². The van der Waals surface area contributed by atoms with Crippen molar-refractivity contribution in [3.63, 3.8) is 0 Å². The van der Waals surface area contributed by atoms with Gasteiger partial charge in [0.1, 0.15) is 0 Å². The van der Waals surface area contributed by atoms with Gasteiger partial charge in [-0.3, -0.25) is 19.8 Å². The largest absolute Gasteiger partial charge is 0.469 e. The molecule has 0 bridgehead atoms. The first kappa shape index (κ1) is 17.1. The average Bonchev–Trinajstić information content (AvgIpc) is 3.05. The van der Waals surface area contributed by atoms with Crippen molar-refractivity contribution in [1.82, 2.24) is 4.90 Å². The minimum Gasteiger partial charge on any atom is -0.469 e. The monoisotopic (exact) mass is 340 g/mol. The van der Waals surface area contributed by atoms with Crippen molar-refractivity contribution >= 4 is 11.7 Å². The van der Waals surface area contributed by atoms with E-state index in [9.17, 15) is 14.9 Å². The molecule has 1 saturated heterocycles. The molecule has 1 fully saturated rings. The second-order valence-corrected chi connectivity index (χ2v) is 6.23. The number of hydrogen-bond donors (Lipinski definition) is 0. The molecule has 0 saturated carbocycles. The van der Waals surface area contributed by atoms with E-state index in [2.05, 4.69) is 4.90 Å². The predicted molar refractivity (Wildman–Crippen MR) is 93.1 cm³/mol. The van der Waals surface area contributed by atoms with Gasteiger partial charge in [-0.15, -0.1) is 0 Å². The van der Waals surface area contributed by atoms with Crippen molar-refractivity contribution in [2.24, 2.45) is 5.92 Å². The molecule has 0 radical (unpaired) electrons. The first-order chi connectivity index (χ1) is 12.1. The van der Waals surface area contributed by atoms with Gasteiger partial charge in [-0.25, -0.2) is 0 Å². The lowest BCUT2D eigenvalue weighted by Gasteiger charge is -2.16. The first-order valence-corrected chi connectivity index (χ1v) is 8.17. The van der Waals surface area contributed by atoms with Gasteiger partial charge >= 0.3 is 5.97 Å². The van der Waals surface area contributed by atoms with Gasteiger partial charge in [0.05, 0.1) is 18.0 Å². The third-order valence-electron chi connectivity index (χ3n) is 4.68. The molecular formula is C19H20N2O4. The van der Waals surface area contributed by atoms with Gasteiger partial charge in [0.25, 0.3) is 5.69 Å². The van der Waals surface area contributed by atoms with Crippen molar-refractivity contribution < 1.29 is 14.5 Å². The van der Waals surface area contributed by atoms with Crippen molar-refractivity contribution in [2.75, 3.05) is 20.2 Å². The minimum absolute atomic E-state index is 0.0583. The van der Waals surface area contributed by atoms with Crippen molar-refractivity contribution in [3.05, 3.63) is 75.8 Å². The van der Waals surface area contributed by atoms with E-state index in [-0.39, 0.29) is 22.5 Å². The lowest BCUT2D eigenvalue weighted by molar-refractivity contribution is -0.385. The molecule has 1 aliphatic rings. The summed E-state index contributed by atoms with van der Waals surface area (Å²) in [5.41, 5.74) is 1.80. The molecule has 2 atom stereocenters. The molecule has 1 aliphatic heterocycles. The van der Waals surface area contributed by atoms with E-state index in [1.54, 1.807) is 18.2 Å². The van der Waals surface area contributed by atoms with Gasteiger partial charge in [-0.1, -0.05) is 48.5 Å². The second kappa shape index (κ2) is 7.44. The van der Waals surface area contributed by atoms with Crippen LogP contribution in [0.25, 0.3) is 0 Å². The van der Waals surface area contributed by atoms with Crippen molar-refractivity contribution in [2.45, 2.75) is 12.5 Å². The van der Waals surface area contributed by atoms with E-state index in [0.717, 1.165) is 5.56 Å². The zero-order valence-electron chi connectivity index (χ0n) is 14.0. The lowest BCUT2D eigenvalue weighted by atomic mass is 9.88. The van der Waals surface area contributed by atoms with Crippen LogP contribution in [0.5, 0.6) is 0 Å². The smallest absolute Gasteiger partial charge is 0.310 e. The third-order valence-corrected chi connectivity index (χ3v) is 4.68. The van der Waals surface area contributed by atoms with Gasteiger partial charge in [-0.2, -0.15) is 0 Å². The first-order valence-electron chi connectivity index (χ1n) is 8.17. The normalized spacial score (nSPS) is 20.4. The molecule has 3 rings (SSSR count). The number of hydrogen-bond acceptors (Lipinski definition) is 5. The fourth-order valence-corrected chi connectivity index (χ4v) is 3.53. The van der Waals surface area contributed by atoms with Gasteiger partial charge in [0, 0.05) is 37.2 Å². The standard InChI is InChI=1S/C19H20N2O4/c1-25-19(22)17-13-20(11-14-7-3-2-4-8-14)12-16(17)15-9-5-6-10-18(15)21(23)24/h2-10,16-17H,11-13H2,1H3/t16-,17+/m0/s1. The second-order valence-electron chi connectivity index (χ2n) is 6.23. The number of esters is 1. The fraction of sp³-hybridized carbons (Fsp3) is 0.316. The van der Waals surface area contributed by atoms with Gasteiger partial charge < -0.3 is 4.74 Å². The summed E-state index contributed by atoms with van der Waals surface area (Å²) in [6.45, 7) is 1.81. The fourth-order valence-electron chi connectivity index (χ4n) is 3.53. The molecule has 0 aliphatic carbocycles. The van der Waals surface area contributed by atoms with Crippen LogP contribution >= 0.6 is 0 Å². The molecule has 0 amide bonds. The summed E-state index contributed by atoms with van der Waals surface area (Å²) in [6, 6.07) is 16.6. The summed E-state index contributed by atoms with van der Waals surface area (Å²) in [7, 11) is 1.36. The number of ether oxygens (including phenoxy) is 1. The maximum absolute atomic E-state index is 12.3. The molecule has 2 aromatic carbocycles. The van der Waals surface area contributed by atoms with Crippen LogP contribution in [0.2, 0.25) is 0 Å². The molecule has 0 aromatic heterocycles. The predicted octanol–water partition coefficient (Wildman–Crippen LogP) is 2.98. The molecule has 0 spiro atoms. The molecule has 0 unspecified atom stereocenters. The molecule has 6 heteroatoms. The highest BCUT2D eigenvalue weighted by Gasteiger charge is 2.41. The van der Waals surface area contributed by atoms with Crippen LogP contribution in [-0.2, 0) is 16.1 Å². The number of carbonyl (C=O) groups is 1. The Kier molecular flexibility index (Phi) is 5.09. The summed E-state index contributed by atoms with van der Waals surface area (Å²) in [5, 5.41) is 11.4. The Labute approximate surface area is 146 Å². The number of nitro benzene ring substituents is 1. The quantitative estimate of drug-likeness (QED) is 0.475. The highest BCUT2D eigenvalue weighted by Crippen LogP contribution is 2.38. The van der Waals surface area contributed by atoms with Crippen LogP contribution in [0.15, 0.2) is 54.6 Å². The minimum atomic E-state index is -0.408. The van der Waals surface area contributed by atoms with Crippen LogP contribution in [0.3, 0.4) is 0 Å². The molecule has 2 aromatic rings. The molecule has 1 heterocycles. The summed E-state index contributed by atoms with van der Waals surface area (Å²) in [5.74, 6) is -0.980. The van der Waals surface area contributed by atoms with E-state index >= 15 is 0 Å². The number of benzene rings is 2. The highest BCUT2D eigenvalue weighted by atomic mass is 16.6. The topological polar surface area (TPSA) is 72.7 Å². The van der Waals surface area contributed by atoms with E-state index in [0.29, 0.717) is 25.2 Å². The van der Waals surface area contributed by atoms with Crippen LogP contribution in [0, 0.1) is 16.0 Å². The van der Waals surface area contributed by atoms with Crippen LogP contribution in [0.4, 0.5) is 5.69 Å². The SMILES string of the molecule is COC(=O)[C@@H]1CN(Cc2ccccc2)C[C@H]1c1ccccc1[N+](=O)[O-]. The number of rotatable bonds is 5. The summed E-state index contributed by atoms with van der Waals surface area (Å²) < 4.78 is 4.95. The van der Waals surface area contributed by atoms with Crippen LogP contribution in [-0.4, -0.2) is 36.0 Å². The van der Waals surface area contributed by atoms with Crippen LogP contribution < -0.4 is 0 Å². The lowest BCUT2D eigenvalue weighted by Crippen LogP contribution is -2.24. The summed E-state index contributed by atoms with van der Waals surface area (Å²) in [4.78, 5) is 25.4. The van der Waals surface area contributed by atoms with Crippen molar-refractivity contribution in [3.8, 4) is 0 Å². The van der Waals surface area contributed by atoms with Gasteiger partial charge in [0.2, 0.25) is 0 Å². The Morgan fingerprint density at radius 1 is 1.16 bits per heavy atom. The van der Waals surface area contributed by atoms with Gasteiger partial charge in [0.15, 0.2) is 0 Å². The van der Waals surface area contributed by atoms with E-state index in [4.69, 9.17) is 4.74 Å². The summed E-state index contributed by atoms with van der Waals surface area (Å²) >= 11 is 0. The number of methoxy groups -OCH3 is 1.